The molecule has 0 bridgehead atoms. The highest BCUT2D eigenvalue weighted by Crippen LogP contribution is 2.17. The number of hydrogen-bond acceptors (Lipinski definition) is 4. The molecule has 6 nitrogen and oxygen atoms in total. The van der Waals surface area contributed by atoms with Crippen LogP contribution in [-0.4, -0.2) is 53.5 Å². The Labute approximate surface area is 175 Å². The summed E-state index contributed by atoms with van der Waals surface area (Å²) in [6, 6.07) is 3.69. The van der Waals surface area contributed by atoms with Crippen LogP contribution in [0.15, 0.2) is 22.8 Å². The molecule has 1 aliphatic heterocycles. The average molecular weight is 407 g/mol. The molecule has 1 aromatic rings. The van der Waals surface area contributed by atoms with Crippen molar-refractivity contribution in [3.05, 3.63) is 24.2 Å². The van der Waals surface area contributed by atoms with Gasteiger partial charge in [0.2, 0.25) is 11.8 Å². The number of carbonyl (C=O) groups is 2. The third kappa shape index (κ3) is 8.21. The van der Waals surface area contributed by atoms with Gasteiger partial charge < -0.3 is 19.0 Å². The first kappa shape index (κ1) is 23.5. The molecule has 0 aliphatic carbocycles. The maximum Gasteiger partial charge on any atom is 0.242 e. The van der Waals surface area contributed by atoms with Crippen LogP contribution in [0.1, 0.15) is 77.9 Å². The summed E-state index contributed by atoms with van der Waals surface area (Å²) in [6.07, 6.45) is 9.73. The Kier molecular flexibility index (Phi) is 10.3. The van der Waals surface area contributed by atoms with Crippen LogP contribution in [0.5, 0.6) is 0 Å². The minimum Gasteiger partial charge on any atom is -0.467 e. The van der Waals surface area contributed by atoms with Gasteiger partial charge in [-0.2, -0.15) is 0 Å². The normalized spacial score (nSPS) is 16.3. The molecule has 0 unspecified atom stereocenters. The SMILES string of the molecule is CCCCCCCC(=O)N(CC(=O)N(Cc1ccco1)C[C@H]1CCCO1)C(C)C. The van der Waals surface area contributed by atoms with Crippen LogP contribution in [-0.2, 0) is 20.9 Å². The van der Waals surface area contributed by atoms with E-state index in [2.05, 4.69) is 6.92 Å². The number of amides is 2. The molecule has 1 fully saturated rings. The number of nitrogens with zero attached hydrogens (tertiary/aromatic N) is 2. The van der Waals surface area contributed by atoms with Gasteiger partial charge in [-0.3, -0.25) is 9.59 Å². The summed E-state index contributed by atoms with van der Waals surface area (Å²) in [5.74, 6) is 0.763. The molecule has 164 valence electrons. The van der Waals surface area contributed by atoms with Gasteiger partial charge in [-0.15, -0.1) is 0 Å². The van der Waals surface area contributed by atoms with Gasteiger partial charge in [0.1, 0.15) is 5.76 Å². The molecule has 1 atom stereocenters. The molecule has 1 aromatic heterocycles. The Balaban J connectivity index is 1.94. The largest absolute Gasteiger partial charge is 0.467 e. The molecule has 6 heteroatoms. The number of hydrogen-bond donors (Lipinski definition) is 0. The second-order valence-electron chi connectivity index (χ2n) is 8.27. The van der Waals surface area contributed by atoms with Gasteiger partial charge in [-0.05, 0) is 45.2 Å². The van der Waals surface area contributed by atoms with Crippen molar-refractivity contribution in [3.8, 4) is 0 Å². The first-order chi connectivity index (χ1) is 14.0. The number of ether oxygens (including phenoxy) is 1. The predicted molar refractivity (Wildman–Crippen MR) is 113 cm³/mol. The van der Waals surface area contributed by atoms with Crippen molar-refractivity contribution in [1.29, 1.82) is 0 Å². The fourth-order valence-electron chi connectivity index (χ4n) is 3.71. The Morgan fingerprint density at radius 1 is 1.17 bits per heavy atom. The van der Waals surface area contributed by atoms with Crippen LogP contribution in [0, 0.1) is 0 Å². The summed E-state index contributed by atoms with van der Waals surface area (Å²) in [7, 11) is 0. The number of unbranched alkanes of at least 4 members (excludes halogenated alkanes) is 4. The zero-order valence-electron chi connectivity index (χ0n) is 18.4. The standard InChI is InChI=1S/C23H38N2O4/c1-4-5-6-7-8-13-22(26)25(19(2)3)18-23(27)24(16-20-11-9-14-28-20)17-21-12-10-15-29-21/h9,11,14,19,21H,4-8,10,12-13,15-18H2,1-3H3/t21-/m1/s1. The summed E-state index contributed by atoms with van der Waals surface area (Å²) in [5, 5.41) is 0. The molecule has 2 rings (SSSR count). The Hall–Kier alpha value is -1.82. The molecule has 2 heterocycles. The molecule has 2 amide bonds. The third-order valence-corrected chi connectivity index (χ3v) is 5.47. The molecule has 1 saturated heterocycles. The molecule has 0 spiro atoms. The van der Waals surface area contributed by atoms with Crippen molar-refractivity contribution in [2.24, 2.45) is 0 Å². The summed E-state index contributed by atoms with van der Waals surface area (Å²) >= 11 is 0. The fourth-order valence-corrected chi connectivity index (χ4v) is 3.71. The smallest absolute Gasteiger partial charge is 0.242 e. The van der Waals surface area contributed by atoms with Gasteiger partial charge in [-0.1, -0.05) is 32.6 Å². The lowest BCUT2D eigenvalue weighted by Gasteiger charge is -2.31. The van der Waals surface area contributed by atoms with Crippen LogP contribution in [0.4, 0.5) is 0 Å². The first-order valence-electron chi connectivity index (χ1n) is 11.2. The fraction of sp³-hybridized carbons (Fsp3) is 0.739. The van der Waals surface area contributed by atoms with Crippen molar-refractivity contribution in [2.45, 2.75) is 90.8 Å². The van der Waals surface area contributed by atoms with Gasteiger partial charge in [0.25, 0.3) is 0 Å². The summed E-state index contributed by atoms with van der Waals surface area (Å²) in [5.41, 5.74) is 0. The molecule has 29 heavy (non-hydrogen) atoms. The lowest BCUT2D eigenvalue weighted by molar-refractivity contribution is -0.143. The van der Waals surface area contributed by atoms with E-state index in [0.717, 1.165) is 38.1 Å². The zero-order valence-corrected chi connectivity index (χ0v) is 18.4. The van der Waals surface area contributed by atoms with E-state index in [1.165, 1.54) is 19.3 Å². The molecule has 1 aliphatic rings. The highest BCUT2D eigenvalue weighted by molar-refractivity contribution is 5.85. The van der Waals surface area contributed by atoms with Gasteiger partial charge in [0, 0.05) is 25.6 Å². The summed E-state index contributed by atoms with van der Waals surface area (Å²) < 4.78 is 11.2. The average Bonchev–Trinajstić information content (AvgIpc) is 3.39. The summed E-state index contributed by atoms with van der Waals surface area (Å²) in [4.78, 5) is 29.4. The van der Waals surface area contributed by atoms with Crippen molar-refractivity contribution >= 4 is 11.8 Å². The second kappa shape index (κ2) is 12.7. The number of carbonyl (C=O) groups excluding carboxylic acids is 2. The minimum absolute atomic E-state index is 0.00437. The van der Waals surface area contributed by atoms with E-state index in [1.54, 1.807) is 16.1 Å². The molecule has 0 radical (unpaired) electrons. The van der Waals surface area contributed by atoms with Crippen LogP contribution in [0.2, 0.25) is 0 Å². The molecule has 0 aromatic carbocycles. The van der Waals surface area contributed by atoms with Crippen LogP contribution >= 0.6 is 0 Å². The van der Waals surface area contributed by atoms with E-state index in [4.69, 9.17) is 9.15 Å². The molecular weight excluding hydrogens is 368 g/mol. The Morgan fingerprint density at radius 2 is 1.97 bits per heavy atom. The van der Waals surface area contributed by atoms with Gasteiger partial charge in [-0.25, -0.2) is 0 Å². The predicted octanol–water partition coefficient (Wildman–Crippen LogP) is 4.38. The van der Waals surface area contributed by atoms with Crippen molar-refractivity contribution in [1.82, 2.24) is 9.80 Å². The number of rotatable bonds is 13. The maximum atomic E-state index is 13.1. The topological polar surface area (TPSA) is 63.0 Å². The van der Waals surface area contributed by atoms with Crippen LogP contribution in [0.3, 0.4) is 0 Å². The van der Waals surface area contributed by atoms with Crippen LogP contribution < -0.4 is 0 Å². The highest BCUT2D eigenvalue weighted by Gasteiger charge is 2.27. The van der Waals surface area contributed by atoms with E-state index < -0.39 is 0 Å². The number of furan rings is 1. The zero-order chi connectivity index (χ0) is 21.1. The lowest BCUT2D eigenvalue weighted by atomic mass is 10.1. The van der Waals surface area contributed by atoms with E-state index in [-0.39, 0.29) is 30.5 Å². The van der Waals surface area contributed by atoms with E-state index in [1.807, 2.05) is 26.0 Å². The third-order valence-electron chi connectivity index (χ3n) is 5.47. The van der Waals surface area contributed by atoms with E-state index in [9.17, 15) is 9.59 Å². The molecule has 0 N–H and O–H groups in total. The summed E-state index contributed by atoms with van der Waals surface area (Å²) in [6.45, 7) is 7.93. The highest BCUT2D eigenvalue weighted by atomic mass is 16.5. The maximum absolute atomic E-state index is 13.1. The van der Waals surface area contributed by atoms with E-state index >= 15 is 0 Å². The van der Waals surface area contributed by atoms with Gasteiger partial charge in [0.05, 0.1) is 25.5 Å². The monoisotopic (exact) mass is 406 g/mol. The van der Waals surface area contributed by atoms with Gasteiger partial charge >= 0.3 is 0 Å². The van der Waals surface area contributed by atoms with Crippen LogP contribution in [0.25, 0.3) is 0 Å². The second-order valence-corrected chi connectivity index (χ2v) is 8.27. The van der Waals surface area contributed by atoms with E-state index in [0.29, 0.717) is 19.5 Å². The first-order valence-corrected chi connectivity index (χ1v) is 11.2. The molecular formula is C23H38N2O4. The quantitative estimate of drug-likeness (QED) is 0.456. The van der Waals surface area contributed by atoms with Gasteiger partial charge in [0.15, 0.2) is 0 Å². The van der Waals surface area contributed by atoms with Crippen molar-refractivity contribution in [3.63, 3.8) is 0 Å². The Bertz CT molecular complexity index is 594. The molecule has 0 saturated carbocycles. The van der Waals surface area contributed by atoms with Crippen molar-refractivity contribution in [2.75, 3.05) is 19.7 Å². The lowest BCUT2D eigenvalue weighted by Crippen LogP contribution is -2.47. The minimum atomic E-state index is -0.0510. The Morgan fingerprint density at radius 3 is 2.59 bits per heavy atom. The van der Waals surface area contributed by atoms with Crippen molar-refractivity contribution < 1.29 is 18.7 Å².